The van der Waals surface area contributed by atoms with Gasteiger partial charge in [0.1, 0.15) is 0 Å². The Morgan fingerprint density at radius 3 is 3.00 bits per heavy atom. The van der Waals surface area contributed by atoms with Gasteiger partial charge in [0, 0.05) is 11.8 Å². The molecule has 2 nitrogen and oxygen atoms in total. The molecule has 0 spiro atoms. The van der Waals surface area contributed by atoms with Gasteiger partial charge in [-0.15, -0.1) is 0 Å². The topological polar surface area (TPSA) is 33.1 Å². The number of hydrogen-bond donors (Lipinski definition) is 1. The van der Waals surface area contributed by atoms with Gasteiger partial charge in [-0.1, -0.05) is 0 Å². The molecule has 0 aromatic carbocycles. The van der Waals surface area contributed by atoms with Gasteiger partial charge in [0.25, 0.3) is 0 Å². The van der Waals surface area contributed by atoms with Gasteiger partial charge in [0.05, 0.1) is 5.60 Å². The minimum atomic E-state index is -0.810. The normalized spacial score (nSPS) is 26.2. The molecule has 0 amide bonds. The minimum Gasteiger partial charge on any atom is -0.386 e. The summed E-state index contributed by atoms with van der Waals surface area (Å²) in [5, 5.41) is 9.88. The van der Waals surface area contributed by atoms with Crippen molar-refractivity contribution in [3.05, 3.63) is 35.9 Å². The zero-order chi connectivity index (χ0) is 10.9. The van der Waals surface area contributed by atoms with E-state index in [0.717, 1.165) is 24.8 Å². The fourth-order valence-electron chi connectivity index (χ4n) is 1.99. The molecule has 15 heavy (non-hydrogen) atoms. The lowest BCUT2D eigenvalue weighted by atomic mass is 9.85. The van der Waals surface area contributed by atoms with Crippen molar-refractivity contribution in [1.82, 2.24) is 4.98 Å². The second-order valence-electron chi connectivity index (χ2n) is 4.22. The average Bonchev–Trinajstić information content (AvgIpc) is 2.17. The molecule has 0 saturated carbocycles. The van der Waals surface area contributed by atoms with Crippen molar-refractivity contribution in [3.8, 4) is 0 Å². The number of aromatic nitrogens is 1. The summed E-state index contributed by atoms with van der Waals surface area (Å²) in [6.07, 6.45) is 5.60. The summed E-state index contributed by atoms with van der Waals surface area (Å²) in [4.78, 5) is 3.61. The van der Waals surface area contributed by atoms with Crippen LogP contribution in [0, 0.1) is 5.95 Å². The highest BCUT2D eigenvalue weighted by molar-refractivity contribution is 5.67. The van der Waals surface area contributed by atoms with Crippen LogP contribution in [0.15, 0.2) is 24.4 Å². The molecule has 0 saturated heterocycles. The molecule has 1 aliphatic carbocycles. The smallest absolute Gasteiger partial charge is 0.220 e. The lowest BCUT2D eigenvalue weighted by molar-refractivity contribution is 0.0962. The fourth-order valence-corrected chi connectivity index (χ4v) is 1.99. The molecule has 3 heteroatoms. The van der Waals surface area contributed by atoms with Crippen molar-refractivity contribution in [2.24, 2.45) is 0 Å². The van der Waals surface area contributed by atoms with Gasteiger partial charge in [0.2, 0.25) is 5.95 Å². The van der Waals surface area contributed by atoms with Crippen LogP contribution in [-0.2, 0) is 0 Å². The van der Waals surface area contributed by atoms with Gasteiger partial charge in [0.15, 0.2) is 0 Å². The van der Waals surface area contributed by atoms with Crippen molar-refractivity contribution in [2.75, 3.05) is 0 Å². The van der Waals surface area contributed by atoms with E-state index in [-0.39, 0.29) is 0 Å². The molecule has 1 aliphatic rings. The van der Waals surface area contributed by atoms with Crippen molar-refractivity contribution >= 4 is 5.57 Å². The zero-order valence-corrected chi connectivity index (χ0v) is 8.70. The summed E-state index contributed by atoms with van der Waals surface area (Å²) in [7, 11) is 0. The van der Waals surface area contributed by atoms with E-state index in [1.807, 2.05) is 0 Å². The summed E-state index contributed by atoms with van der Waals surface area (Å²) >= 11 is 0. The predicted molar refractivity (Wildman–Crippen MR) is 56.6 cm³/mol. The fraction of sp³-hybridized carbons (Fsp3) is 0.417. The number of halogens is 1. The molecule has 0 fully saturated rings. The van der Waals surface area contributed by atoms with Gasteiger partial charge < -0.3 is 5.11 Å². The van der Waals surface area contributed by atoms with E-state index in [4.69, 9.17) is 0 Å². The molecular weight excluding hydrogens is 193 g/mol. The van der Waals surface area contributed by atoms with Gasteiger partial charge >= 0.3 is 0 Å². The monoisotopic (exact) mass is 207 g/mol. The lowest BCUT2D eigenvalue weighted by Gasteiger charge is -2.26. The Morgan fingerprint density at radius 1 is 1.53 bits per heavy atom. The molecule has 0 aliphatic heterocycles. The van der Waals surface area contributed by atoms with Crippen molar-refractivity contribution in [3.63, 3.8) is 0 Å². The van der Waals surface area contributed by atoms with Crippen LogP contribution in [0.3, 0.4) is 0 Å². The maximum atomic E-state index is 13.4. The summed E-state index contributed by atoms with van der Waals surface area (Å²) in [5.74, 6) is -0.457. The van der Waals surface area contributed by atoms with Crippen molar-refractivity contribution in [2.45, 2.75) is 31.8 Å². The maximum absolute atomic E-state index is 13.4. The number of nitrogens with zero attached hydrogens (tertiary/aromatic N) is 1. The first-order valence-electron chi connectivity index (χ1n) is 5.13. The Bertz CT molecular complexity index is 398. The van der Waals surface area contributed by atoms with Crippen LogP contribution in [0.25, 0.3) is 5.57 Å². The number of pyridine rings is 1. The van der Waals surface area contributed by atoms with Crippen LogP contribution >= 0.6 is 0 Å². The molecule has 1 unspecified atom stereocenters. The molecule has 2 rings (SSSR count). The Morgan fingerprint density at radius 2 is 2.33 bits per heavy atom. The van der Waals surface area contributed by atoms with Crippen LogP contribution in [0.2, 0.25) is 0 Å². The van der Waals surface area contributed by atoms with E-state index >= 15 is 0 Å². The van der Waals surface area contributed by atoms with Crippen LogP contribution in [0.1, 0.15) is 31.7 Å². The summed E-state index contributed by atoms with van der Waals surface area (Å²) in [5.41, 5.74) is 0.560. The highest BCUT2D eigenvalue weighted by Crippen LogP contribution is 2.32. The van der Waals surface area contributed by atoms with E-state index in [9.17, 15) is 9.50 Å². The van der Waals surface area contributed by atoms with E-state index in [2.05, 4.69) is 4.98 Å². The summed E-state index contributed by atoms with van der Waals surface area (Å²) in [6.45, 7) is 1.75. The second-order valence-corrected chi connectivity index (χ2v) is 4.22. The van der Waals surface area contributed by atoms with Crippen molar-refractivity contribution in [1.29, 1.82) is 0 Å². The Balaban J connectivity index is 2.40. The summed E-state index contributed by atoms with van der Waals surface area (Å²) in [6, 6.07) is 3.41. The third-order valence-corrected chi connectivity index (χ3v) is 2.72. The number of allylic oxidation sites excluding steroid dienone is 1. The van der Waals surface area contributed by atoms with E-state index in [1.54, 1.807) is 25.1 Å². The largest absolute Gasteiger partial charge is 0.386 e. The highest BCUT2D eigenvalue weighted by atomic mass is 19.1. The predicted octanol–water partition coefficient (Wildman–Crippen LogP) is 2.54. The Labute approximate surface area is 88.5 Å². The quantitative estimate of drug-likeness (QED) is 0.718. The maximum Gasteiger partial charge on any atom is 0.220 e. The first-order chi connectivity index (χ1) is 7.08. The van der Waals surface area contributed by atoms with E-state index in [0.29, 0.717) is 5.56 Å². The van der Waals surface area contributed by atoms with Crippen LogP contribution in [0.5, 0.6) is 0 Å². The third kappa shape index (κ3) is 2.23. The highest BCUT2D eigenvalue weighted by Gasteiger charge is 2.24. The van der Waals surface area contributed by atoms with Crippen LogP contribution < -0.4 is 0 Å². The molecule has 1 N–H and O–H groups in total. The summed E-state index contributed by atoms with van der Waals surface area (Å²) < 4.78 is 13.4. The molecule has 1 aromatic heterocycles. The number of aliphatic hydroxyl groups is 1. The third-order valence-electron chi connectivity index (χ3n) is 2.72. The molecule has 0 bridgehead atoms. The standard InChI is InChI=1S/C12H14FNO/c1-12(15)6-2-4-9(8-12)10-5-3-7-14-11(10)13/h3,5,7-8,15H,2,4,6H2,1H3. The second kappa shape index (κ2) is 3.74. The first-order valence-corrected chi connectivity index (χ1v) is 5.13. The van der Waals surface area contributed by atoms with Gasteiger partial charge in [-0.25, -0.2) is 4.98 Å². The number of rotatable bonds is 1. The SMILES string of the molecule is CC1(O)C=C(c2cccnc2F)CCC1. The number of hydrogen-bond acceptors (Lipinski definition) is 2. The Kier molecular flexibility index (Phi) is 2.57. The molecular formula is C12H14FNO. The molecule has 1 atom stereocenters. The minimum absolute atomic E-state index is 0.457. The van der Waals surface area contributed by atoms with Gasteiger partial charge in [-0.05, 0) is 50.0 Å². The molecule has 1 heterocycles. The van der Waals surface area contributed by atoms with Crippen LogP contribution in [0.4, 0.5) is 4.39 Å². The first kappa shape index (κ1) is 10.3. The van der Waals surface area contributed by atoms with Crippen LogP contribution in [-0.4, -0.2) is 15.7 Å². The van der Waals surface area contributed by atoms with E-state index < -0.39 is 11.5 Å². The lowest BCUT2D eigenvalue weighted by Crippen LogP contribution is -2.24. The van der Waals surface area contributed by atoms with Gasteiger partial charge in [-0.3, -0.25) is 0 Å². The van der Waals surface area contributed by atoms with Crippen molar-refractivity contribution < 1.29 is 9.50 Å². The molecule has 80 valence electrons. The van der Waals surface area contributed by atoms with E-state index in [1.165, 1.54) is 6.20 Å². The molecule has 0 radical (unpaired) electrons. The zero-order valence-electron chi connectivity index (χ0n) is 8.70. The molecule has 1 aromatic rings. The average molecular weight is 207 g/mol. The Hall–Kier alpha value is -1.22. The van der Waals surface area contributed by atoms with Gasteiger partial charge in [-0.2, -0.15) is 4.39 Å².